The van der Waals surface area contributed by atoms with E-state index in [9.17, 15) is 5.11 Å². The Balaban J connectivity index is 2.20. The molecule has 18 heavy (non-hydrogen) atoms. The predicted octanol–water partition coefficient (Wildman–Crippen LogP) is 3.47. The van der Waals surface area contributed by atoms with E-state index in [1.807, 2.05) is 54.6 Å². The predicted molar refractivity (Wildman–Crippen MR) is 74.6 cm³/mol. The second kappa shape index (κ2) is 6.26. The summed E-state index contributed by atoms with van der Waals surface area (Å²) < 4.78 is 0. The molecule has 0 aliphatic heterocycles. The molecule has 0 saturated carbocycles. The van der Waals surface area contributed by atoms with E-state index in [0.717, 1.165) is 11.1 Å². The summed E-state index contributed by atoms with van der Waals surface area (Å²) in [6, 6.07) is 17.1. The molecule has 2 rings (SSSR count). The Morgan fingerprint density at radius 1 is 1.00 bits per heavy atom. The first kappa shape index (κ1) is 12.7. The molecule has 0 saturated heterocycles. The lowest BCUT2D eigenvalue weighted by Crippen LogP contribution is -2.01. The van der Waals surface area contributed by atoms with E-state index in [0.29, 0.717) is 5.02 Å². The van der Waals surface area contributed by atoms with Crippen LogP contribution in [-0.4, -0.2) is 11.7 Å². The van der Waals surface area contributed by atoms with Crippen LogP contribution in [0.5, 0.6) is 0 Å². The summed E-state index contributed by atoms with van der Waals surface area (Å²) >= 11 is 5.83. The van der Waals surface area contributed by atoms with Crippen LogP contribution in [0, 0.1) is 11.8 Å². The zero-order valence-corrected chi connectivity index (χ0v) is 10.6. The Hall–Kier alpha value is -1.75. The molecule has 0 amide bonds. The van der Waals surface area contributed by atoms with Crippen molar-refractivity contribution in [1.82, 2.24) is 0 Å². The van der Waals surface area contributed by atoms with E-state index >= 15 is 0 Å². The number of aliphatic hydroxyl groups excluding tert-OH is 1. The highest BCUT2D eigenvalue weighted by atomic mass is 35.5. The van der Waals surface area contributed by atoms with Crippen molar-refractivity contribution >= 4 is 11.6 Å². The number of aliphatic hydroxyl groups is 1. The first-order chi connectivity index (χ1) is 8.79. The molecule has 2 heteroatoms. The average Bonchev–Trinajstić information content (AvgIpc) is 2.42. The van der Waals surface area contributed by atoms with Crippen LogP contribution in [0.15, 0.2) is 54.6 Å². The van der Waals surface area contributed by atoms with E-state index in [4.69, 9.17) is 11.6 Å². The van der Waals surface area contributed by atoms with Crippen LogP contribution in [0.2, 0.25) is 5.02 Å². The van der Waals surface area contributed by atoms with Crippen molar-refractivity contribution in [3.63, 3.8) is 0 Å². The summed E-state index contributed by atoms with van der Waals surface area (Å²) in [7, 11) is 0. The van der Waals surface area contributed by atoms with E-state index < -0.39 is 0 Å². The number of halogens is 1. The van der Waals surface area contributed by atoms with Crippen LogP contribution in [0.4, 0.5) is 0 Å². The zero-order chi connectivity index (χ0) is 12.8. The third-order valence-electron chi connectivity index (χ3n) is 2.62. The molecule has 0 aliphatic carbocycles. The minimum Gasteiger partial charge on any atom is -0.395 e. The van der Waals surface area contributed by atoms with Gasteiger partial charge in [0, 0.05) is 10.6 Å². The normalized spacial score (nSPS) is 11.4. The zero-order valence-electron chi connectivity index (χ0n) is 9.81. The highest BCUT2D eigenvalue weighted by Crippen LogP contribution is 2.17. The molecule has 0 fully saturated rings. The summed E-state index contributed by atoms with van der Waals surface area (Å²) in [4.78, 5) is 0. The fourth-order valence-electron chi connectivity index (χ4n) is 1.62. The number of rotatable bonds is 2. The molecule has 90 valence electrons. The standard InChI is InChI=1S/C16H13ClO/c17-16-10-8-14(9-11-16)15(12-18)7-6-13-4-2-1-3-5-13/h1-5,8-11,15,18H,12H2. The molecule has 1 unspecified atom stereocenters. The summed E-state index contributed by atoms with van der Waals surface area (Å²) in [6.45, 7) is 0.00145. The SMILES string of the molecule is OCC(C#Cc1ccccc1)c1ccc(Cl)cc1. The molecule has 2 aromatic carbocycles. The van der Waals surface area contributed by atoms with Gasteiger partial charge in [-0.25, -0.2) is 0 Å². The van der Waals surface area contributed by atoms with Gasteiger partial charge in [-0.1, -0.05) is 53.8 Å². The van der Waals surface area contributed by atoms with Crippen molar-refractivity contribution in [3.05, 3.63) is 70.7 Å². The summed E-state index contributed by atoms with van der Waals surface area (Å²) in [5.74, 6) is 5.97. The Bertz CT molecular complexity index is 549. The highest BCUT2D eigenvalue weighted by Gasteiger charge is 2.06. The molecule has 0 aromatic heterocycles. The molecule has 0 aliphatic rings. The van der Waals surface area contributed by atoms with Crippen molar-refractivity contribution in [3.8, 4) is 11.8 Å². The van der Waals surface area contributed by atoms with Gasteiger partial charge in [-0.3, -0.25) is 0 Å². The van der Waals surface area contributed by atoms with Gasteiger partial charge in [0.1, 0.15) is 0 Å². The summed E-state index contributed by atoms with van der Waals surface area (Å²) in [5, 5.41) is 10.1. The monoisotopic (exact) mass is 256 g/mol. The van der Waals surface area contributed by atoms with Crippen LogP contribution in [0.3, 0.4) is 0 Å². The number of hydrogen-bond donors (Lipinski definition) is 1. The van der Waals surface area contributed by atoms with Gasteiger partial charge in [0.05, 0.1) is 12.5 Å². The maximum Gasteiger partial charge on any atom is 0.0687 e. The minimum atomic E-state index is -0.178. The van der Waals surface area contributed by atoms with Crippen molar-refractivity contribution < 1.29 is 5.11 Å². The van der Waals surface area contributed by atoms with E-state index in [2.05, 4.69) is 11.8 Å². The van der Waals surface area contributed by atoms with Gasteiger partial charge < -0.3 is 5.11 Å². The fourth-order valence-corrected chi connectivity index (χ4v) is 1.75. The molecule has 1 N–H and O–H groups in total. The average molecular weight is 257 g/mol. The molecule has 0 heterocycles. The lowest BCUT2D eigenvalue weighted by Gasteiger charge is -2.07. The molecule has 1 atom stereocenters. The summed E-state index contributed by atoms with van der Waals surface area (Å²) in [5.41, 5.74) is 1.93. The minimum absolute atomic E-state index is 0.00145. The third-order valence-corrected chi connectivity index (χ3v) is 2.87. The molecule has 0 radical (unpaired) electrons. The van der Waals surface area contributed by atoms with Gasteiger partial charge in [0.2, 0.25) is 0 Å². The lowest BCUT2D eigenvalue weighted by molar-refractivity contribution is 0.286. The number of hydrogen-bond acceptors (Lipinski definition) is 1. The van der Waals surface area contributed by atoms with Crippen molar-refractivity contribution in [1.29, 1.82) is 0 Å². The largest absolute Gasteiger partial charge is 0.395 e. The summed E-state index contributed by atoms with van der Waals surface area (Å²) in [6.07, 6.45) is 0. The first-order valence-electron chi connectivity index (χ1n) is 5.72. The Morgan fingerprint density at radius 3 is 2.28 bits per heavy atom. The topological polar surface area (TPSA) is 20.2 Å². The molecule has 1 nitrogen and oxygen atoms in total. The van der Waals surface area contributed by atoms with Gasteiger partial charge in [0.25, 0.3) is 0 Å². The first-order valence-corrected chi connectivity index (χ1v) is 6.10. The van der Waals surface area contributed by atoms with Gasteiger partial charge >= 0.3 is 0 Å². The van der Waals surface area contributed by atoms with Crippen LogP contribution in [0.1, 0.15) is 17.0 Å². The van der Waals surface area contributed by atoms with Gasteiger partial charge in [-0.15, -0.1) is 0 Å². The quantitative estimate of drug-likeness (QED) is 0.816. The maximum atomic E-state index is 9.39. The molecular weight excluding hydrogens is 244 g/mol. The molecular formula is C16H13ClO. The van der Waals surface area contributed by atoms with Gasteiger partial charge in [-0.05, 0) is 29.8 Å². The van der Waals surface area contributed by atoms with Crippen molar-refractivity contribution in [2.24, 2.45) is 0 Å². The van der Waals surface area contributed by atoms with Crippen LogP contribution < -0.4 is 0 Å². The molecule has 0 spiro atoms. The fraction of sp³-hybridized carbons (Fsp3) is 0.125. The van der Waals surface area contributed by atoms with Crippen LogP contribution >= 0.6 is 11.6 Å². The van der Waals surface area contributed by atoms with E-state index in [1.54, 1.807) is 0 Å². The highest BCUT2D eigenvalue weighted by molar-refractivity contribution is 6.30. The third kappa shape index (κ3) is 3.37. The van der Waals surface area contributed by atoms with Crippen LogP contribution in [0.25, 0.3) is 0 Å². The Labute approximate surface area is 112 Å². The Kier molecular flexibility index (Phi) is 4.41. The molecule has 0 bridgehead atoms. The lowest BCUT2D eigenvalue weighted by atomic mass is 10.0. The molecule has 2 aromatic rings. The maximum absolute atomic E-state index is 9.39. The van der Waals surface area contributed by atoms with Gasteiger partial charge in [0.15, 0.2) is 0 Å². The second-order valence-corrected chi connectivity index (χ2v) is 4.36. The van der Waals surface area contributed by atoms with Crippen LogP contribution in [-0.2, 0) is 0 Å². The smallest absolute Gasteiger partial charge is 0.0687 e. The van der Waals surface area contributed by atoms with Gasteiger partial charge in [-0.2, -0.15) is 0 Å². The van der Waals surface area contributed by atoms with E-state index in [-0.39, 0.29) is 12.5 Å². The van der Waals surface area contributed by atoms with E-state index in [1.165, 1.54) is 0 Å². The van der Waals surface area contributed by atoms with Crippen molar-refractivity contribution in [2.45, 2.75) is 5.92 Å². The second-order valence-electron chi connectivity index (χ2n) is 3.92. The van der Waals surface area contributed by atoms with Crippen molar-refractivity contribution in [2.75, 3.05) is 6.61 Å². The Morgan fingerprint density at radius 2 is 1.67 bits per heavy atom. The number of benzene rings is 2.